The molecule has 2 bridgehead atoms. The first kappa shape index (κ1) is 11.7. The third-order valence-electron chi connectivity index (χ3n) is 4.59. The Bertz CT molecular complexity index is 446. The molecule has 4 nitrogen and oxygen atoms in total. The maximum absolute atomic E-state index is 12.6. The summed E-state index contributed by atoms with van der Waals surface area (Å²) < 4.78 is 0. The van der Waals surface area contributed by atoms with E-state index in [1.54, 1.807) is 18.1 Å². The van der Waals surface area contributed by atoms with E-state index in [-0.39, 0.29) is 17.9 Å². The van der Waals surface area contributed by atoms with Crippen LogP contribution in [-0.2, 0) is 4.79 Å². The molecule has 3 rings (SSSR count). The van der Waals surface area contributed by atoms with E-state index in [1.807, 2.05) is 18.2 Å². The third kappa shape index (κ3) is 1.72. The summed E-state index contributed by atoms with van der Waals surface area (Å²) in [4.78, 5) is 18.4. The molecular formula is C14H19N3O. The summed E-state index contributed by atoms with van der Waals surface area (Å²) in [5.74, 6) is 1.88. The highest BCUT2D eigenvalue weighted by Crippen LogP contribution is 2.48. The number of anilines is 1. The second-order valence-corrected chi connectivity index (χ2v) is 5.52. The number of carbonyl (C=O) groups is 1. The van der Waals surface area contributed by atoms with E-state index in [2.05, 4.69) is 4.98 Å². The largest absolute Gasteiger partial charge is 0.327 e. The minimum atomic E-state index is -0.00393. The summed E-state index contributed by atoms with van der Waals surface area (Å²) in [7, 11) is 1.80. The van der Waals surface area contributed by atoms with Crippen molar-refractivity contribution in [3.8, 4) is 0 Å². The van der Waals surface area contributed by atoms with Gasteiger partial charge in [-0.2, -0.15) is 0 Å². The molecule has 0 saturated heterocycles. The molecule has 2 N–H and O–H groups in total. The average molecular weight is 245 g/mol. The maximum Gasteiger partial charge on any atom is 0.232 e. The van der Waals surface area contributed by atoms with Gasteiger partial charge in [-0.25, -0.2) is 4.98 Å². The number of rotatable bonds is 2. The molecule has 4 heteroatoms. The molecule has 1 amide bonds. The number of hydrogen-bond donors (Lipinski definition) is 1. The number of amides is 1. The first-order valence-corrected chi connectivity index (χ1v) is 6.62. The standard InChI is InChI=1S/C14H19N3O/c1-17(11-4-2-3-7-16-11)14(18)12-9-5-6-10(8-9)13(12)15/h2-4,7,9-10,12-13H,5-6,8,15H2,1H3. The van der Waals surface area contributed by atoms with Crippen molar-refractivity contribution in [1.29, 1.82) is 0 Å². The van der Waals surface area contributed by atoms with Gasteiger partial charge in [-0.15, -0.1) is 0 Å². The third-order valence-corrected chi connectivity index (χ3v) is 4.59. The van der Waals surface area contributed by atoms with Gasteiger partial charge in [0.15, 0.2) is 0 Å². The molecule has 18 heavy (non-hydrogen) atoms. The Labute approximate surface area is 107 Å². The van der Waals surface area contributed by atoms with Gasteiger partial charge in [0.1, 0.15) is 5.82 Å². The van der Waals surface area contributed by atoms with Crippen LogP contribution < -0.4 is 10.6 Å². The Morgan fingerprint density at radius 3 is 2.78 bits per heavy atom. The van der Waals surface area contributed by atoms with Crippen LogP contribution in [0.25, 0.3) is 0 Å². The van der Waals surface area contributed by atoms with Gasteiger partial charge in [0, 0.05) is 19.3 Å². The van der Waals surface area contributed by atoms with Gasteiger partial charge in [0.25, 0.3) is 0 Å². The van der Waals surface area contributed by atoms with Crippen LogP contribution in [0.15, 0.2) is 24.4 Å². The van der Waals surface area contributed by atoms with Crippen molar-refractivity contribution in [2.75, 3.05) is 11.9 Å². The van der Waals surface area contributed by atoms with E-state index in [4.69, 9.17) is 5.73 Å². The summed E-state index contributed by atoms with van der Waals surface area (Å²) in [6.45, 7) is 0. The molecule has 0 radical (unpaired) electrons. The molecule has 0 spiro atoms. The molecule has 2 aliphatic rings. The lowest BCUT2D eigenvalue weighted by Gasteiger charge is -2.30. The number of pyridine rings is 1. The van der Waals surface area contributed by atoms with Crippen LogP contribution >= 0.6 is 0 Å². The highest BCUT2D eigenvalue weighted by Gasteiger charge is 2.49. The Hall–Kier alpha value is -1.42. The zero-order valence-electron chi connectivity index (χ0n) is 10.6. The van der Waals surface area contributed by atoms with E-state index in [1.165, 1.54) is 6.42 Å². The fraction of sp³-hybridized carbons (Fsp3) is 0.571. The lowest BCUT2D eigenvalue weighted by molar-refractivity contribution is -0.124. The summed E-state index contributed by atoms with van der Waals surface area (Å²) >= 11 is 0. The zero-order valence-corrected chi connectivity index (χ0v) is 10.6. The predicted molar refractivity (Wildman–Crippen MR) is 69.9 cm³/mol. The molecule has 1 aromatic rings. The molecular weight excluding hydrogens is 226 g/mol. The first-order chi connectivity index (χ1) is 8.68. The monoisotopic (exact) mass is 245 g/mol. The summed E-state index contributed by atoms with van der Waals surface area (Å²) in [5.41, 5.74) is 6.21. The second-order valence-electron chi connectivity index (χ2n) is 5.52. The van der Waals surface area contributed by atoms with E-state index in [9.17, 15) is 4.79 Å². The van der Waals surface area contributed by atoms with Crippen molar-refractivity contribution in [1.82, 2.24) is 4.98 Å². The van der Waals surface area contributed by atoms with Crippen LogP contribution in [0.1, 0.15) is 19.3 Å². The smallest absolute Gasteiger partial charge is 0.232 e. The predicted octanol–water partition coefficient (Wildman–Crippen LogP) is 1.42. The van der Waals surface area contributed by atoms with Crippen molar-refractivity contribution in [3.05, 3.63) is 24.4 Å². The Kier molecular flexibility index (Phi) is 2.82. The highest BCUT2D eigenvalue weighted by atomic mass is 16.2. The van der Waals surface area contributed by atoms with E-state index in [0.29, 0.717) is 17.7 Å². The molecule has 2 fully saturated rings. The minimum absolute atomic E-state index is 0.00393. The molecule has 4 atom stereocenters. The van der Waals surface area contributed by atoms with Crippen LogP contribution in [0, 0.1) is 17.8 Å². The topological polar surface area (TPSA) is 59.2 Å². The number of nitrogens with two attached hydrogens (primary N) is 1. The molecule has 1 aromatic heterocycles. The molecule has 96 valence electrons. The molecule has 0 aromatic carbocycles. The van der Waals surface area contributed by atoms with Crippen molar-refractivity contribution in [2.24, 2.45) is 23.5 Å². The summed E-state index contributed by atoms with van der Waals surface area (Å²) in [6.07, 6.45) is 5.20. The normalized spacial score (nSPS) is 33.7. The lowest BCUT2D eigenvalue weighted by atomic mass is 9.84. The second kappa shape index (κ2) is 4.35. The first-order valence-electron chi connectivity index (χ1n) is 6.62. The fourth-order valence-electron chi connectivity index (χ4n) is 3.59. The molecule has 1 heterocycles. The van der Waals surface area contributed by atoms with Crippen LogP contribution in [0.5, 0.6) is 0 Å². The van der Waals surface area contributed by atoms with Crippen LogP contribution in [0.2, 0.25) is 0 Å². The van der Waals surface area contributed by atoms with Crippen molar-refractivity contribution >= 4 is 11.7 Å². The van der Waals surface area contributed by atoms with Gasteiger partial charge in [-0.3, -0.25) is 9.69 Å². The Morgan fingerprint density at radius 1 is 1.39 bits per heavy atom. The van der Waals surface area contributed by atoms with Gasteiger partial charge in [-0.1, -0.05) is 6.07 Å². The van der Waals surface area contributed by atoms with Crippen LogP contribution in [0.3, 0.4) is 0 Å². The van der Waals surface area contributed by atoms with Crippen molar-refractivity contribution in [2.45, 2.75) is 25.3 Å². The van der Waals surface area contributed by atoms with Gasteiger partial charge in [0.2, 0.25) is 5.91 Å². The molecule has 0 aliphatic heterocycles. The van der Waals surface area contributed by atoms with E-state index in [0.717, 1.165) is 12.8 Å². The van der Waals surface area contributed by atoms with Gasteiger partial charge in [-0.05, 0) is 43.2 Å². The quantitative estimate of drug-likeness (QED) is 0.857. The van der Waals surface area contributed by atoms with Crippen LogP contribution in [-0.4, -0.2) is 24.0 Å². The number of aromatic nitrogens is 1. The number of carbonyl (C=O) groups excluding carboxylic acids is 1. The lowest BCUT2D eigenvalue weighted by Crippen LogP contribution is -2.46. The Morgan fingerprint density at radius 2 is 2.17 bits per heavy atom. The Balaban J connectivity index is 1.79. The zero-order chi connectivity index (χ0) is 12.7. The highest BCUT2D eigenvalue weighted by molar-refractivity contribution is 5.94. The van der Waals surface area contributed by atoms with Gasteiger partial charge < -0.3 is 5.73 Å². The van der Waals surface area contributed by atoms with Gasteiger partial charge >= 0.3 is 0 Å². The number of nitrogens with zero attached hydrogens (tertiary/aromatic N) is 2. The van der Waals surface area contributed by atoms with Gasteiger partial charge in [0.05, 0.1) is 5.92 Å². The molecule has 2 saturated carbocycles. The number of fused-ring (bicyclic) bond motifs is 2. The average Bonchev–Trinajstić information content (AvgIpc) is 2.99. The number of hydrogen-bond acceptors (Lipinski definition) is 3. The summed E-state index contributed by atoms with van der Waals surface area (Å²) in [5, 5.41) is 0. The molecule has 2 aliphatic carbocycles. The molecule has 4 unspecified atom stereocenters. The maximum atomic E-state index is 12.6. The SMILES string of the molecule is CN(C(=O)C1C2CCC(C2)C1N)c1ccccn1. The van der Waals surface area contributed by atoms with E-state index >= 15 is 0 Å². The summed E-state index contributed by atoms with van der Waals surface area (Å²) in [6, 6.07) is 5.65. The van der Waals surface area contributed by atoms with Crippen molar-refractivity contribution < 1.29 is 4.79 Å². The van der Waals surface area contributed by atoms with E-state index < -0.39 is 0 Å². The minimum Gasteiger partial charge on any atom is -0.327 e. The fourth-order valence-corrected chi connectivity index (χ4v) is 3.59. The van der Waals surface area contributed by atoms with Crippen LogP contribution in [0.4, 0.5) is 5.82 Å². The van der Waals surface area contributed by atoms with Crippen molar-refractivity contribution in [3.63, 3.8) is 0 Å².